The van der Waals surface area contributed by atoms with Gasteiger partial charge in [-0.3, -0.25) is 4.79 Å². The third kappa shape index (κ3) is 5.37. The third-order valence-electron chi connectivity index (χ3n) is 5.16. The number of nitrogens with zero attached hydrogens (tertiary/aromatic N) is 3. The summed E-state index contributed by atoms with van der Waals surface area (Å²) in [5, 5.41) is 12.3. The van der Waals surface area contributed by atoms with Crippen LogP contribution in [0.2, 0.25) is 5.02 Å². The molecule has 12 heteroatoms. The van der Waals surface area contributed by atoms with Crippen LogP contribution in [0, 0.1) is 5.82 Å². The molecule has 4 rings (SSSR count). The highest BCUT2D eigenvalue weighted by molar-refractivity contribution is 7.99. The summed E-state index contributed by atoms with van der Waals surface area (Å²) in [6.45, 7) is 2.11. The first-order chi connectivity index (χ1) is 16.4. The van der Waals surface area contributed by atoms with E-state index in [1.54, 1.807) is 18.5 Å². The predicted octanol–water partition coefficient (Wildman–Crippen LogP) is 4.64. The number of rotatable bonds is 9. The van der Waals surface area contributed by atoms with E-state index in [9.17, 15) is 14.0 Å². The molecule has 0 atom stereocenters. The maximum atomic E-state index is 13.2. The van der Waals surface area contributed by atoms with Crippen LogP contribution >= 0.6 is 34.7 Å². The number of amides is 1. The van der Waals surface area contributed by atoms with Crippen molar-refractivity contribution >= 4 is 51.6 Å². The van der Waals surface area contributed by atoms with Crippen molar-refractivity contribution in [2.24, 2.45) is 7.05 Å². The minimum Gasteiger partial charge on any atom is -0.484 e. The Morgan fingerprint density at radius 1 is 1.32 bits per heavy atom. The molecule has 0 saturated carbocycles. The summed E-state index contributed by atoms with van der Waals surface area (Å²) in [5.74, 6) is -0.169. The summed E-state index contributed by atoms with van der Waals surface area (Å²) in [4.78, 5) is 26.2. The lowest BCUT2D eigenvalue weighted by atomic mass is 10.1. The van der Waals surface area contributed by atoms with Gasteiger partial charge in [-0.25, -0.2) is 9.18 Å². The number of thiophene rings is 1. The van der Waals surface area contributed by atoms with Crippen LogP contribution in [-0.2, 0) is 36.0 Å². The molecular formula is C22H22ClFN4O4S2. The fourth-order valence-corrected chi connectivity index (χ4v) is 5.78. The Morgan fingerprint density at radius 2 is 2.15 bits per heavy atom. The van der Waals surface area contributed by atoms with Crippen LogP contribution in [0.25, 0.3) is 0 Å². The van der Waals surface area contributed by atoms with Crippen LogP contribution < -0.4 is 10.1 Å². The number of carbonyl (C=O) groups excluding carboxylic acids is 2. The van der Waals surface area contributed by atoms with Crippen molar-refractivity contribution in [2.45, 2.75) is 37.9 Å². The van der Waals surface area contributed by atoms with Crippen molar-refractivity contribution in [3.8, 4) is 5.75 Å². The van der Waals surface area contributed by atoms with Crippen molar-refractivity contribution in [1.29, 1.82) is 0 Å². The molecule has 0 spiro atoms. The molecule has 2 heterocycles. The average molecular weight is 525 g/mol. The van der Waals surface area contributed by atoms with E-state index in [-0.39, 0.29) is 29.9 Å². The second-order valence-corrected chi connectivity index (χ2v) is 9.89. The van der Waals surface area contributed by atoms with Gasteiger partial charge in [0, 0.05) is 11.9 Å². The van der Waals surface area contributed by atoms with Crippen molar-refractivity contribution in [2.75, 3.05) is 17.7 Å². The fraction of sp³-hybridized carbons (Fsp3) is 0.364. The summed E-state index contributed by atoms with van der Waals surface area (Å²) in [6, 6.07) is 3.87. The van der Waals surface area contributed by atoms with Gasteiger partial charge < -0.3 is 19.4 Å². The number of ether oxygens (including phenoxy) is 2. The Kier molecular flexibility index (Phi) is 7.74. The molecule has 1 aliphatic carbocycles. The van der Waals surface area contributed by atoms with Gasteiger partial charge in [-0.05, 0) is 49.9 Å². The molecule has 2 aromatic heterocycles. The van der Waals surface area contributed by atoms with Crippen molar-refractivity contribution < 1.29 is 23.5 Å². The third-order valence-corrected chi connectivity index (χ3v) is 7.68. The zero-order valence-electron chi connectivity index (χ0n) is 18.5. The van der Waals surface area contributed by atoms with E-state index in [0.29, 0.717) is 27.3 Å². The summed E-state index contributed by atoms with van der Waals surface area (Å²) in [6.07, 6.45) is 2.73. The molecule has 34 heavy (non-hydrogen) atoms. The topological polar surface area (TPSA) is 95.3 Å². The molecule has 0 radical (unpaired) electrons. The molecule has 3 aromatic rings. The van der Waals surface area contributed by atoms with Gasteiger partial charge in [0.25, 0.3) is 0 Å². The van der Waals surface area contributed by atoms with Crippen LogP contribution in [0.5, 0.6) is 5.75 Å². The lowest BCUT2D eigenvalue weighted by Crippen LogP contribution is -2.17. The SMILES string of the molecule is CCOC(=O)c1c(NC(=O)CSc2nnc(COc3ccc(F)cc3Cl)n2C)sc2c1CCC2. The standard InChI is InChI=1S/C22H22ClFN4O4S2/c1-3-31-21(30)19-13-5-4-6-16(13)34-20(19)25-18(29)11-33-22-27-26-17(28(22)2)10-32-15-8-7-12(24)9-14(15)23/h7-9H,3-6,10-11H2,1-2H3,(H,25,29). The number of carbonyl (C=O) groups is 2. The molecule has 1 aliphatic rings. The normalized spacial score (nSPS) is 12.5. The van der Waals surface area contributed by atoms with Gasteiger partial charge in [-0.15, -0.1) is 21.5 Å². The van der Waals surface area contributed by atoms with E-state index >= 15 is 0 Å². The lowest BCUT2D eigenvalue weighted by Gasteiger charge is -2.09. The quantitative estimate of drug-likeness (QED) is 0.321. The number of hydrogen-bond donors (Lipinski definition) is 1. The Balaban J connectivity index is 1.36. The number of aromatic nitrogens is 3. The highest BCUT2D eigenvalue weighted by atomic mass is 35.5. The summed E-state index contributed by atoms with van der Waals surface area (Å²) < 4.78 is 25.7. The van der Waals surface area contributed by atoms with Crippen molar-refractivity contribution in [1.82, 2.24) is 14.8 Å². The average Bonchev–Trinajstić information content (AvgIpc) is 3.47. The minimum absolute atomic E-state index is 0.0747. The van der Waals surface area contributed by atoms with E-state index in [0.717, 1.165) is 29.7 Å². The first kappa shape index (κ1) is 24.5. The van der Waals surface area contributed by atoms with Gasteiger partial charge in [0.2, 0.25) is 5.91 Å². The van der Waals surface area contributed by atoms with Crippen LogP contribution in [0.4, 0.5) is 9.39 Å². The summed E-state index contributed by atoms with van der Waals surface area (Å²) in [7, 11) is 1.76. The molecule has 1 amide bonds. The van der Waals surface area contributed by atoms with E-state index in [1.807, 2.05) is 0 Å². The molecule has 180 valence electrons. The summed E-state index contributed by atoms with van der Waals surface area (Å²) in [5.41, 5.74) is 1.47. The van der Waals surface area contributed by atoms with Crippen molar-refractivity contribution in [3.05, 3.63) is 50.9 Å². The highest BCUT2D eigenvalue weighted by Crippen LogP contribution is 2.39. The first-order valence-electron chi connectivity index (χ1n) is 10.6. The van der Waals surface area contributed by atoms with Gasteiger partial charge in [0.05, 0.1) is 22.9 Å². The Hall–Kier alpha value is -2.63. The molecule has 8 nitrogen and oxygen atoms in total. The summed E-state index contributed by atoms with van der Waals surface area (Å²) >= 11 is 8.63. The van der Waals surface area contributed by atoms with Gasteiger partial charge in [-0.2, -0.15) is 0 Å². The molecule has 1 aromatic carbocycles. The van der Waals surface area contributed by atoms with Crippen LogP contribution in [-0.4, -0.2) is 39.0 Å². The number of esters is 1. The smallest absolute Gasteiger partial charge is 0.341 e. The van der Waals surface area contributed by atoms with Crippen LogP contribution in [0.3, 0.4) is 0 Å². The first-order valence-corrected chi connectivity index (χ1v) is 12.8. The fourth-order valence-electron chi connectivity index (χ4n) is 3.54. The number of hydrogen-bond acceptors (Lipinski definition) is 8. The molecule has 0 bridgehead atoms. The highest BCUT2D eigenvalue weighted by Gasteiger charge is 2.28. The number of nitrogens with one attached hydrogen (secondary N) is 1. The number of halogens is 2. The minimum atomic E-state index is -0.450. The van der Waals surface area contributed by atoms with Gasteiger partial charge in [-0.1, -0.05) is 23.4 Å². The molecule has 0 aliphatic heterocycles. The molecule has 0 saturated heterocycles. The zero-order valence-corrected chi connectivity index (χ0v) is 20.9. The molecule has 0 fully saturated rings. The monoisotopic (exact) mass is 524 g/mol. The number of benzene rings is 1. The van der Waals surface area contributed by atoms with E-state index in [4.69, 9.17) is 21.1 Å². The van der Waals surface area contributed by atoms with Crippen molar-refractivity contribution in [3.63, 3.8) is 0 Å². The molecule has 1 N–H and O–H groups in total. The number of fused-ring (bicyclic) bond motifs is 1. The Morgan fingerprint density at radius 3 is 2.91 bits per heavy atom. The predicted molar refractivity (Wildman–Crippen MR) is 128 cm³/mol. The van der Waals surface area contributed by atoms with Crippen LogP contribution in [0.1, 0.15) is 40.0 Å². The molecule has 0 unspecified atom stereocenters. The van der Waals surface area contributed by atoms with Gasteiger partial charge in [0.1, 0.15) is 23.2 Å². The number of aryl methyl sites for hydroxylation is 1. The molecular weight excluding hydrogens is 503 g/mol. The van der Waals surface area contributed by atoms with E-state index in [2.05, 4.69) is 15.5 Å². The van der Waals surface area contributed by atoms with E-state index < -0.39 is 11.8 Å². The largest absolute Gasteiger partial charge is 0.484 e. The number of thioether (sulfide) groups is 1. The number of anilines is 1. The maximum Gasteiger partial charge on any atom is 0.341 e. The zero-order chi connectivity index (χ0) is 24.2. The second kappa shape index (κ2) is 10.7. The second-order valence-electron chi connectivity index (χ2n) is 7.44. The van der Waals surface area contributed by atoms with Gasteiger partial charge in [0.15, 0.2) is 11.0 Å². The Bertz CT molecular complexity index is 1230. The van der Waals surface area contributed by atoms with E-state index in [1.165, 1.54) is 41.3 Å². The van der Waals surface area contributed by atoms with Gasteiger partial charge >= 0.3 is 5.97 Å². The van der Waals surface area contributed by atoms with Crippen LogP contribution in [0.15, 0.2) is 23.4 Å². The maximum absolute atomic E-state index is 13.2. The Labute approximate surface area is 208 Å². The lowest BCUT2D eigenvalue weighted by molar-refractivity contribution is -0.113.